The van der Waals surface area contributed by atoms with Gasteiger partial charge in [0.1, 0.15) is 17.4 Å². The molecule has 0 bridgehead atoms. The molecule has 0 aliphatic rings. The summed E-state index contributed by atoms with van der Waals surface area (Å²) in [5.74, 6) is -2.12. The summed E-state index contributed by atoms with van der Waals surface area (Å²) in [4.78, 5) is 33.2. The number of hydrogen-bond acceptors (Lipinski definition) is 6. The highest BCUT2D eigenvalue weighted by atomic mass is 16.6. The first-order valence-corrected chi connectivity index (χ1v) is 9.36. The van der Waals surface area contributed by atoms with Gasteiger partial charge in [-0.2, -0.15) is 0 Å². The number of aromatic hydroxyl groups is 1. The highest BCUT2D eigenvalue weighted by Gasteiger charge is 2.25. The molecule has 2 atom stereocenters. The number of alkyl carbamates (subject to hydrolysis) is 1. The molecule has 2 rings (SSSR count). The summed E-state index contributed by atoms with van der Waals surface area (Å²) in [5, 5.41) is 28.9. The summed E-state index contributed by atoms with van der Waals surface area (Å²) in [6, 6.07) is 10.6. The van der Waals surface area contributed by atoms with Gasteiger partial charge in [-0.1, -0.05) is 42.0 Å². The minimum Gasteiger partial charge on any atom is -0.508 e. The molecule has 0 fully saturated rings. The average Bonchev–Trinajstić information content (AvgIpc) is 2.66. The monoisotopic (exact) mass is 432 g/mol. The molecule has 0 heterocycles. The molecule has 0 aliphatic carbocycles. The Kier molecular flexibility index (Phi) is 9.01. The number of phenolic OH excluding ortho intramolecular Hbond substituents is 1. The number of benzene rings is 2. The van der Waals surface area contributed by atoms with E-state index in [0.717, 1.165) is 5.56 Å². The zero-order chi connectivity index (χ0) is 23.8. The molecule has 31 heavy (non-hydrogen) atoms. The molecule has 168 valence electrons. The summed E-state index contributed by atoms with van der Waals surface area (Å²) in [5.41, 5.74) is 6.64. The van der Waals surface area contributed by atoms with Gasteiger partial charge >= 0.3 is 18.0 Å². The number of aryl methyl sites for hydroxylation is 1. The van der Waals surface area contributed by atoms with Gasteiger partial charge in [0.2, 0.25) is 0 Å². The number of ether oxygens (including phenoxy) is 1. The van der Waals surface area contributed by atoms with Gasteiger partial charge < -0.3 is 31.1 Å². The second-order valence-electron chi connectivity index (χ2n) is 7.74. The molecule has 0 radical (unpaired) electrons. The van der Waals surface area contributed by atoms with Gasteiger partial charge in [-0.25, -0.2) is 9.59 Å². The predicted molar refractivity (Wildman–Crippen MR) is 114 cm³/mol. The van der Waals surface area contributed by atoms with Crippen molar-refractivity contribution in [3.8, 4) is 5.75 Å². The first-order chi connectivity index (χ1) is 14.3. The fourth-order valence-corrected chi connectivity index (χ4v) is 2.30. The maximum Gasteiger partial charge on any atom is 0.408 e. The Morgan fingerprint density at radius 3 is 1.81 bits per heavy atom. The summed E-state index contributed by atoms with van der Waals surface area (Å²) >= 11 is 0. The molecule has 0 aliphatic heterocycles. The van der Waals surface area contributed by atoms with E-state index < -0.39 is 35.7 Å². The van der Waals surface area contributed by atoms with Gasteiger partial charge in [0.25, 0.3) is 0 Å². The Morgan fingerprint density at radius 2 is 1.39 bits per heavy atom. The molecule has 0 aromatic heterocycles. The summed E-state index contributed by atoms with van der Waals surface area (Å²) in [6.07, 6.45) is -0.750. The lowest BCUT2D eigenvalue weighted by molar-refractivity contribution is -0.140. The van der Waals surface area contributed by atoms with Gasteiger partial charge in [-0.3, -0.25) is 4.79 Å². The number of aliphatic carboxylic acids is 2. The molecule has 1 amide bonds. The first kappa shape index (κ1) is 25.4. The lowest BCUT2D eigenvalue weighted by atomic mass is 10.1. The van der Waals surface area contributed by atoms with Crippen molar-refractivity contribution < 1.29 is 34.4 Å². The number of nitrogens with one attached hydrogen (secondary N) is 1. The maximum atomic E-state index is 11.6. The fourth-order valence-electron chi connectivity index (χ4n) is 2.30. The largest absolute Gasteiger partial charge is 0.508 e. The molecule has 2 aromatic carbocycles. The molecule has 0 spiro atoms. The van der Waals surface area contributed by atoms with Crippen LogP contribution in [0.25, 0.3) is 0 Å². The Morgan fingerprint density at radius 1 is 0.903 bits per heavy atom. The van der Waals surface area contributed by atoms with E-state index in [2.05, 4.69) is 5.32 Å². The van der Waals surface area contributed by atoms with Crippen molar-refractivity contribution in [3.05, 3.63) is 65.2 Å². The van der Waals surface area contributed by atoms with Crippen LogP contribution in [0, 0.1) is 6.92 Å². The van der Waals surface area contributed by atoms with Crippen LogP contribution in [0.1, 0.15) is 49.5 Å². The summed E-state index contributed by atoms with van der Waals surface area (Å²) in [6.45, 7) is 7.05. The van der Waals surface area contributed by atoms with Gasteiger partial charge in [0.05, 0.1) is 0 Å². The average molecular weight is 432 g/mol. The van der Waals surface area contributed by atoms with Gasteiger partial charge in [-0.05, 0) is 51.0 Å². The quantitative estimate of drug-likeness (QED) is 0.482. The third kappa shape index (κ3) is 9.18. The third-order valence-corrected chi connectivity index (χ3v) is 3.84. The zero-order valence-electron chi connectivity index (χ0n) is 17.8. The standard InChI is InChI=1S/C14H19NO4.C8H9NO3/c1-9-5-7-10(8-6-9)11(12(16)17)15-13(18)19-14(2,3)4;9-7(8(11)12)5-1-3-6(10)4-2-5/h5-8,11H,1-4H3,(H,15,18)(H,16,17);1-4,7,10H,9H2,(H,11,12)/t11-;7-/m11/s1. The number of rotatable bonds is 5. The first-order valence-electron chi connectivity index (χ1n) is 9.36. The number of nitrogens with two attached hydrogens (primary N) is 1. The summed E-state index contributed by atoms with van der Waals surface area (Å²) < 4.78 is 5.05. The Balaban J connectivity index is 0.000000343. The molecular formula is C22H28N2O7. The number of carboxylic acid groups (broad SMARTS) is 2. The van der Waals surface area contributed by atoms with E-state index >= 15 is 0 Å². The molecule has 9 heteroatoms. The van der Waals surface area contributed by atoms with Crippen LogP contribution in [0.15, 0.2) is 48.5 Å². The molecule has 2 aromatic rings. The molecule has 0 saturated carbocycles. The lowest BCUT2D eigenvalue weighted by Crippen LogP contribution is -2.38. The van der Waals surface area contributed by atoms with E-state index in [4.69, 9.17) is 20.7 Å². The number of carbonyl (C=O) groups excluding carboxylic acids is 1. The number of carboxylic acids is 2. The molecule has 6 N–H and O–H groups in total. The number of amides is 1. The third-order valence-electron chi connectivity index (χ3n) is 3.84. The zero-order valence-corrected chi connectivity index (χ0v) is 17.8. The number of phenols is 1. The van der Waals surface area contributed by atoms with E-state index in [9.17, 15) is 19.5 Å². The minimum atomic E-state index is -1.13. The maximum absolute atomic E-state index is 11.6. The van der Waals surface area contributed by atoms with E-state index in [1.165, 1.54) is 24.3 Å². The van der Waals surface area contributed by atoms with Crippen LogP contribution >= 0.6 is 0 Å². The minimum absolute atomic E-state index is 0.0938. The molecule has 9 nitrogen and oxygen atoms in total. The van der Waals surface area contributed by atoms with Crippen LogP contribution in [0.5, 0.6) is 5.75 Å². The van der Waals surface area contributed by atoms with Crippen molar-refractivity contribution in [2.75, 3.05) is 0 Å². The number of carbonyl (C=O) groups is 3. The van der Waals surface area contributed by atoms with Crippen LogP contribution < -0.4 is 11.1 Å². The van der Waals surface area contributed by atoms with Crippen molar-refractivity contribution in [2.24, 2.45) is 5.73 Å². The Hall–Kier alpha value is -3.59. The lowest BCUT2D eigenvalue weighted by Gasteiger charge is -2.22. The van der Waals surface area contributed by atoms with Gasteiger partial charge in [0, 0.05) is 0 Å². The smallest absolute Gasteiger partial charge is 0.408 e. The van der Waals surface area contributed by atoms with Crippen LogP contribution in [-0.4, -0.2) is 39.0 Å². The molecule has 0 saturated heterocycles. The highest BCUT2D eigenvalue weighted by molar-refractivity contribution is 5.81. The highest BCUT2D eigenvalue weighted by Crippen LogP contribution is 2.16. The Labute approximate surface area is 180 Å². The van der Waals surface area contributed by atoms with Gasteiger partial charge in [0.15, 0.2) is 6.04 Å². The van der Waals surface area contributed by atoms with Crippen LogP contribution in [-0.2, 0) is 14.3 Å². The van der Waals surface area contributed by atoms with Crippen molar-refractivity contribution in [2.45, 2.75) is 45.4 Å². The second kappa shape index (κ2) is 11.0. The SMILES string of the molecule is Cc1ccc([C@@H](NC(=O)OC(C)(C)C)C(=O)O)cc1.N[C@@H](C(=O)O)c1ccc(O)cc1. The van der Waals surface area contributed by atoms with E-state index in [-0.39, 0.29) is 5.75 Å². The van der Waals surface area contributed by atoms with Crippen LogP contribution in [0.2, 0.25) is 0 Å². The fraction of sp³-hybridized carbons (Fsp3) is 0.318. The second-order valence-corrected chi connectivity index (χ2v) is 7.74. The predicted octanol–water partition coefficient (Wildman–Crippen LogP) is 3.12. The van der Waals surface area contributed by atoms with Gasteiger partial charge in [-0.15, -0.1) is 0 Å². The van der Waals surface area contributed by atoms with Crippen molar-refractivity contribution >= 4 is 18.0 Å². The number of hydrogen-bond donors (Lipinski definition) is 5. The van der Waals surface area contributed by atoms with E-state index in [0.29, 0.717) is 11.1 Å². The molecular weight excluding hydrogens is 404 g/mol. The van der Waals surface area contributed by atoms with Crippen LogP contribution in [0.4, 0.5) is 4.79 Å². The topological polar surface area (TPSA) is 159 Å². The Bertz CT molecular complexity index is 888. The van der Waals surface area contributed by atoms with Crippen molar-refractivity contribution in [1.29, 1.82) is 0 Å². The normalized spacial score (nSPS) is 12.5. The molecule has 0 unspecified atom stereocenters. The van der Waals surface area contributed by atoms with Crippen LogP contribution in [0.3, 0.4) is 0 Å². The van der Waals surface area contributed by atoms with Crippen molar-refractivity contribution in [3.63, 3.8) is 0 Å². The summed E-state index contributed by atoms with van der Waals surface area (Å²) in [7, 11) is 0. The van der Waals surface area contributed by atoms with E-state index in [1.54, 1.807) is 45.0 Å². The van der Waals surface area contributed by atoms with E-state index in [1.807, 2.05) is 6.92 Å². The van der Waals surface area contributed by atoms with Crippen molar-refractivity contribution in [1.82, 2.24) is 5.32 Å².